The second kappa shape index (κ2) is 7.68. The van der Waals surface area contributed by atoms with Crippen LogP contribution in [0.15, 0.2) is 0 Å². The van der Waals surface area contributed by atoms with Gasteiger partial charge in [0.05, 0.1) is 24.9 Å². The van der Waals surface area contributed by atoms with Crippen molar-refractivity contribution < 1.29 is 30.0 Å². The van der Waals surface area contributed by atoms with Crippen LogP contribution in [0, 0.1) is 39.9 Å². The van der Waals surface area contributed by atoms with Gasteiger partial charge in [-0.15, -0.1) is 0 Å². The van der Waals surface area contributed by atoms with Gasteiger partial charge in [-0.25, -0.2) is 0 Å². The van der Waals surface area contributed by atoms with E-state index < -0.39 is 23.2 Å². The van der Waals surface area contributed by atoms with E-state index in [4.69, 9.17) is 4.74 Å². The normalized spacial score (nSPS) is 51.3. The van der Waals surface area contributed by atoms with Crippen LogP contribution in [0.3, 0.4) is 0 Å². The van der Waals surface area contributed by atoms with Gasteiger partial charge >= 0.3 is 5.97 Å². The van der Waals surface area contributed by atoms with E-state index in [2.05, 4.69) is 6.92 Å². The Morgan fingerprint density at radius 3 is 2.39 bits per heavy atom. The molecule has 4 fully saturated rings. The first-order chi connectivity index (χ1) is 14.5. The maximum atomic E-state index is 12.5. The molecule has 4 aliphatic carbocycles. The highest BCUT2D eigenvalue weighted by molar-refractivity contribution is 5.69. The number of aliphatic hydroxyl groups excluding tert-OH is 3. The van der Waals surface area contributed by atoms with Crippen molar-refractivity contribution in [1.82, 2.24) is 0 Å². The van der Waals surface area contributed by atoms with Crippen molar-refractivity contribution in [2.45, 2.75) is 96.9 Å². The summed E-state index contributed by atoms with van der Waals surface area (Å²) in [6.07, 6.45) is 4.70. The molecule has 1 spiro atoms. The molecular weight excluding hydrogens is 396 g/mol. The van der Waals surface area contributed by atoms with E-state index in [1.807, 2.05) is 20.8 Å². The topological polar surface area (TPSA) is 107 Å². The van der Waals surface area contributed by atoms with Gasteiger partial charge in [0.2, 0.25) is 0 Å². The molecule has 0 saturated heterocycles. The van der Waals surface area contributed by atoms with Crippen LogP contribution in [0.1, 0.15) is 79.1 Å². The van der Waals surface area contributed by atoms with Gasteiger partial charge in [-0.05, 0) is 73.5 Å². The van der Waals surface area contributed by atoms with Gasteiger partial charge in [0.1, 0.15) is 6.10 Å². The van der Waals surface area contributed by atoms with Gasteiger partial charge in [-0.3, -0.25) is 4.79 Å². The standard InChI is InChI=1S/C25H42O6/c1-15(2)9-20(29)31-19-6-7-23(4)21(22(19,3)13-26)18(28)10-17-12-25(30,14-27)16-5-8-24(17,23)11-16/h15-19,21,26-28,30H,5-14H2,1-4H3/t16-,17-,18+,19+,21+,22+,23+,24-,25-/m0/s1. The third kappa shape index (κ3) is 3.23. The van der Waals surface area contributed by atoms with E-state index >= 15 is 0 Å². The predicted octanol–water partition coefficient (Wildman–Crippen LogP) is 2.65. The Morgan fingerprint density at radius 2 is 1.77 bits per heavy atom. The molecule has 4 saturated carbocycles. The zero-order valence-corrected chi connectivity index (χ0v) is 19.6. The van der Waals surface area contributed by atoms with E-state index in [-0.39, 0.29) is 53.7 Å². The quantitative estimate of drug-likeness (QED) is 0.492. The molecule has 0 aromatic carbocycles. The number of fused-ring (bicyclic) bond motifs is 2. The molecule has 178 valence electrons. The smallest absolute Gasteiger partial charge is 0.306 e. The minimum absolute atomic E-state index is 0.00763. The Bertz CT molecular complexity index is 710. The molecule has 0 unspecified atom stereocenters. The highest BCUT2D eigenvalue weighted by Crippen LogP contribution is 2.75. The number of hydrogen-bond acceptors (Lipinski definition) is 6. The van der Waals surface area contributed by atoms with Crippen molar-refractivity contribution in [3.63, 3.8) is 0 Å². The van der Waals surface area contributed by atoms with Crippen molar-refractivity contribution in [2.75, 3.05) is 13.2 Å². The van der Waals surface area contributed by atoms with Crippen molar-refractivity contribution in [3.05, 3.63) is 0 Å². The summed E-state index contributed by atoms with van der Waals surface area (Å²) < 4.78 is 5.93. The molecule has 0 aromatic heterocycles. The van der Waals surface area contributed by atoms with Crippen LogP contribution >= 0.6 is 0 Å². The molecular formula is C25H42O6. The third-order valence-corrected chi connectivity index (χ3v) is 10.3. The highest BCUT2D eigenvalue weighted by atomic mass is 16.5. The third-order valence-electron chi connectivity index (χ3n) is 10.3. The van der Waals surface area contributed by atoms with Gasteiger partial charge in [0, 0.05) is 17.8 Å². The number of rotatable bonds is 5. The predicted molar refractivity (Wildman–Crippen MR) is 116 cm³/mol. The number of hydrogen-bond donors (Lipinski definition) is 4. The summed E-state index contributed by atoms with van der Waals surface area (Å²) in [5, 5.41) is 43.1. The Morgan fingerprint density at radius 1 is 1.06 bits per heavy atom. The van der Waals surface area contributed by atoms with Gasteiger partial charge in [-0.1, -0.05) is 27.7 Å². The Kier molecular flexibility index (Phi) is 5.81. The first-order valence-electron chi connectivity index (χ1n) is 12.3. The molecule has 6 heteroatoms. The maximum Gasteiger partial charge on any atom is 0.306 e. The van der Waals surface area contributed by atoms with Gasteiger partial charge in [0.15, 0.2) is 0 Å². The molecule has 4 N–H and O–H groups in total. The number of carbonyl (C=O) groups is 1. The summed E-state index contributed by atoms with van der Waals surface area (Å²) in [4.78, 5) is 12.5. The summed E-state index contributed by atoms with van der Waals surface area (Å²) in [6.45, 7) is 7.89. The van der Waals surface area contributed by atoms with Crippen LogP contribution in [-0.2, 0) is 9.53 Å². The Hall–Kier alpha value is -0.690. The largest absolute Gasteiger partial charge is 0.462 e. The van der Waals surface area contributed by atoms with Crippen molar-refractivity contribution in [3.8, 4) is 0 Å². The lowest BCUT2D eigenvalue weighted by molar-refractivity contribution is -0.265. The molecule has 4 rings (SSSR count). The van der Waals surface area contributed by atoms with Crippen LogP contribution in [-0.4, -0.2) is 57.4 Å². The van der Waals surface area contributed by atoms with E-state index in [0.29, 0.717) is 25.7 Å². The first-order valence-corrected chi connectivity index (χ1v) is 12.3. The van der Waals surface area contributed by atoms with Gasteiger partial charge in [0.25, 0.3) is 0 Å². The lowest BCUT2D eigenvalue weighted by atomic mass is 9.37. The fourth-order valence-electron chi connectivity index (χ4n) is 8.81. The minimum Gasteiger partial charge on any atom is -0.462 e. The highest BCUT2D eigenvalue weighted by Gasteiger charge is 2.72. The van der Waals surface area contributed by atoms with Crippen LogP contribution in [0.4, 0.5) is 0 Å². The van der Waals surface area contributed by atoms with E-state index in [9.17, 15) is 25.2 Å². The molecule has 31 heavy (non-hydrogen) atoms. The minimum atomic E-state index is -1.04. The monoisotopic (exact) mass is 438 g/mol. The molecule has 0 heterocycles. The lowest BCUT2D eigenvalue weighted by Crippen LogP contribution is -2.68. The molecule has 4 aliphatic rings. The first kappa shape index (κ1) is 23.5. The van der Waals surface area contributed by atoms with Crippen molar-refractivity contribution in [1.29, 1.82) is 0 Å². The Balaban J connectivity index is 1.68. The summed E-state index contributed by atoms with van der Waals surface area (Å²) in [6, 6.07) is 0. The average molecular weight is 439 g/mol. The molecule has 2 bridgehead atoms. The molecule has 0 amide bonds. The number of ether oxygens (including phenoxy) is 1. The van der Waals surface area contributed by atoms with E-state index in [0.717, 1.165) is 25.7 Å². The van der Waals surface area contributed by atoms with Gasteiger partial charge in [-0.2, -0.15) is 0 Å². The fraction of sp³-hybridized carbons (Fsp3) is 0.960. The second-order valence-corrected chi connectivity index (χ2v) is 12.2. The van der Waals surface area contributed by atoms with Crippen molar-refractivity contribution >= 4 is 5.97 Å². The Labute approximate surface area is 186 Å². The molecule has 0 aliphatic heterocycles. The molecule has 0 aromatic rings. The number of aliphatic hydroxyl groups is 4. The van der Waals surface area contributed by atoms with Crippen LogP contribution < -0.4 is 0 Å². The SMILES string of the molecule is CC(C)CC(=O)O[C@@H]1CC[C@]2(C)[C@H]([C@H](O)C[C@H]3C[C@](O)(CO)[C@H]4CC[C@]32C4)[C@]1(C)CO. The maximum absolute atomic E-state index is 12.5. The zero-order valence-electron chi connectivity index (χ0n) is 19.6. The van der Waals surface area contributed by atoms with Crippen LogP contribution in [0.5, 0.6) is 0 Å². The fourth-order valence-corrected chi connectivity index (χ4v) is 8.81. The summed E-state index contributed by atoms with van der Waals surface area (Å²) >= 11 is 0. The lowest BCUT2D eigenvalue weighted by Gasteiger charge is -2.69. The molecule has 9 atom stereocenters. The van der Waals surface area contributed by atoms with Crippen LogP contribution in [0.25, 0.3) is 0 Å². The summed E-state index contributed by atoms with van der Waals surface area (Å²) in [5.41, 5.74) is -1.97. The average Bonchev–Trinajstić information content (AvgIpc) is 3.11. The number of carbonyl (C=O) groups excluding carboxylic acids is 1. The summed E-state index contributed by atoms with van der Waals surface area (Å²) in [5.74, 6) is 0.0535. The van der Waals surface area contributed by atoms with Gasteiger partial charge < -0.3 is 25.2 Å². The zero-order chi connectivity index (χ0) is 22.8. The molecule has 0 radical (unpaired) electrons. The van der Waals surface area contributed by atoms with E-state index in [1.165, 1.54) is 0 Å². The summed E-state index contributed by atoms with van der Waals surface area (Å²) in [7, 11) is 0. The van der Waals surface area contributed by atoms with Crippen molar-refractivity contribution in [2.24, 2.45) is 39.9 Å². The second-order valence-electron chi connectivity index (χ2n) is 12.2. The van der Waals surface area contributed by atoms with Crippen LogP contribution in [0.2, 0.25) is 0 Å². The number of esters is 1. The van der Waals surface area contributed by atoms with E-state index in [1.54, 1.807) is 0 Å². The molecule has 6 nitrogen and oxygen atoms in total.